The summed E-state index contributed by atoms with van der Waals surface area (Å²) in [6, 6.07) is 20.9. The second kappa shape index (κ2) is 10.9. The van der Waals surface area contributed by atoms with Crippen LogP contribution in [0.25, 0.3) is 17.3 Å². The lowest BCUT2D eigenvalue weighted by Crippen LogP contribution is -2.32. The van der Waals surface area contributed by atoms with Crippen molar-refractivity contribution in [1.29, 1.82) is 0 Å². The highest BCUT2D eigenvalue weighted by Crippen LogP contribution is 2.24. The van der Waals surface area contributed by atoms with Gasteiger partial charge in [-0.15, -0.1) is 0 Å². The van der Waals surface area contributed by atoms with Crippen LogP contribution in [0.1, 0.15) is 11.1 Å². The summed E-state index contributed by atoms with van der Waals surface area (Å²) in [5.74, 6) is 0.149. The lowest BCUT2D eigenvalue weighted by atomic mass is 10.2. The number of benzene rings is 2. The summed E-state index contributed by atoms with van der Waals surface area (Å²) in [6.45, 7) is 1.98. The minimum absolute atomic E-state index is 0.201. The molecular formula is C26H22N6OS. The van der Waals surface area contributed by atoms with Crippen LogP contribution in [0.15, 0.2) is 91.4 Å². The summed E-state index contributed by atoms with van der Waals surface area (Å²) in [5, 5.41) is 9.14. The SMILES string of the molecule is Cc1ccc(NC(=S)NC(=O)/C=C\c2ccccc2)cc1Nc1nccc(-c2cccnc2)n1. The minimum Gasteiger partial charge on any atom is -0.332 e. The van der Waals surface area contributed by atoms with Crippen LogP contribution in [-0.2, 0) is 4.79 Å². The third-order valence-electron chi connectivity index (χ3n) is 4.82. The van der Waals surface area contributed by atoms with Crippen molar-refractivity contribution in [2.75, 3.05) is 10.6 Å². The van der Waals surface area contributed by atoms with Crippen LogP contribution >= 0.6 is 12.2 Å². The van der Waals surface area contributed by atoms with E-state index in [2.05, 4.69) is 30.9 Å². The quantitative estimate of drug-likeness (QED) is 0.268. The van der Waals surface area contributed by atoms with Gasteiger partial charge in [0.15, 0.2) is 5.11 Å². The zero-order valence-corrected chi connectivity index (χ0v) is 19.2. The third-order valence-corrected chi connectivity index (χ3v) is 5.02. The summed E-state index contributed by atoms with van der Waals surface area (Å²) in [6.07, 6.45) is 8.34. The Morgan fingerprint density at radius 2 is 1.85 bits per heavy atom. The molecule has 2 aromatic carbocycles. The van der Waals surface area contributed by atoms with Gasteiger partial charge in [-0.25, -0.2) is 9.97 Å². The molecule has 4 rings (SSSR count). The van der Waals surface area contributed by atoms with E-state index in [4.69, 9.17) is 12.2 Å². The number of anilines is 3. The number of aromatic nitrogens is 3. The number of pyridine rings is 1. The summed E-state index contributed by atoms with van der Waals surface area (Å²) in [7, 11) is 0. The summed E-state index contributed by atoms with van der Waals surface area (Å²) < 4.78 is 0. The third kappa shape index (κ3) is 6.30. The van der Waals surface area contributed by atoms with E-state index in [0.717, 1.165) is 28.1 Å². The first-order chi connectivity index (χ1) is 16.6. The molecule has 2 heterocycles. The van der Waals surface area contributed by atoms with Crippen LogP contribution in [0.4, 0.5) is 17.3 Å². The van der Waals surface area contributed by atoms with Crippen molar-refractivity contribution in [3.8, 4) is 11.3 Å². The molecule has 0 saturated heterocycles. The molecule has 34 heavy (non-hydrogen) atoms. The monoisotopic (exact) mass is 466 g/mol. The molecule has 8 heteroatoms. The highest BCUT2D eigenvalue weighted by molar-refractivity contribution is 7.80. The summed E-state index contributed by atoms with van der Waals surface area (Å²) in [4.78, 5) is 25.2. The van der Waals surface area contributed by atoms with Gasteiger partial charge < -0.3 is 10.6 Å². The van der Waals surface area contributed by atoms with Crippen LogP contribution in [0.3, 0.4) is 0 Å². The van der Waals surface area contributed by atoms with Crippen molar-refractivity contribution < 1.29 is 4.79 Å². The van der Waals surface area contributed by atoms with Crippen LogP contribution < -0.4 is 16.0 Å². The van der Waals surface area contributed by atoms with E-state index in [0.29, 0.717) is 11.6 Å². The van der Waals surface area contributed by atoms with E-state index in [1.165, 1.54) is 6.08 Å². The predicted octanol–water partition coefficient (Wildman–Crippen LogP) is 5.12. The van der Waals surface area contributed by atoms with Crippen molar-refractivity contribution in [2.45, 2.75) is 6.92 Å². The van der Waals surface area contributed by atoms with Crippen molar-refractivity contribution in [2.24, 2.45) is 0 Å². The number of amides is 1. The minimum atomic E-state index is -0.313. The van der Waals surface area contributed by atoms with E-state index in [9.17, 15) is 4.79 Å². The molecule has 3 N–H and O–H groups in total. The van der Waals surface area contributed by atoms with E-state index in [1.54, 1.807) is 24.7 Å². The van der Waals surface area contributed by atoms with Gasteiger partial charge in [-0.2, -0.15) is 0 Å². The fourth-order valence-electron chi connectivity index (χ4n) is 3.10. The molecule has 0 bridgehead atoms. The van der Waals surface area contributed by atoms with Gasteiger partial charge in [-0.05, 0) is 66.7 Å². The molecule has 0 fully saturated rings. The first-order valence-corrected chi connectivity index (χ1v) is 10.9. The van der Waals surface area contributed by atoms with Gasteiger partial charge in [0.2, 0.25) is 11.9 Å². The standard InChI is InChI=1S/C26H22N6OS/c1-18-9-11-21(29-26(34)32-24(33)12-10-19-6-3-2-4-7-19)16-23(18)31-25-28-15-13-22(30-25)20-8-5-14-27-17-20/h2-17H,1H3,(H,28,30,31)(H2,29,32,33,34)/b12-10-. The Hall–Kier alpha value is -4.43. The van der Waals surface area contributed by atoms with E-state index in [1.807, 2.05) is 73.7 Å². The molecule has 7 nitrogen and oxygen atoms in total. The normalized spacial score (nSPS) is 10.6. The fraction of sp³-hybridized carbons (Fsp3) is 0.0385. The Bertz CT molecular complexity index is 1330. The Labute approximate surface area is 203 Å². The first kappa shape index (κ1) is 22.8. The van der Waals surface area contributed by atoms with E-state index in [-0.39, 0.29) is 11.0 Å². The molecule has 0 atom stereocenters. The number of thiocarbonyl (C=S) groups is 1. The highest BCUT2D eigenvalue weighted by Gasteiger charge is 2.07. The highest BCUT2D eigenvalue weighted by atomic mass is 32.1. The Morgan fingerprint density at radius 3 is 2.65 bits per heavy atom. The second-order valence-electron chi connectivity index (χ2n) is 7.35. The van der Waals surface area contributed by atoms with E-state index >= 15 is 0 Å². The van der Waals surface area contributed by atoms with Gasteiger partial charge in [0.05, 0.1) is 5.69 Å². The largest absolute Gasteiger partial charge is 0.332 e. The molecule has 168 valence electrons. The number of hydrogen-bond donors (Lipinski definition) is 3. The molecule has 2 aromatic heterocycles. The van der Waals surface area contributed by atoms with Gasteiger partial charge >= 0.3 is 0 Å². The number of carbonyl (C=O) groups excluding carboxylic acids is 1. The smallest absolute Gasteiger partial charge is 0.250 e. The molecule has 0 aliphatic heterocycles. The van der Waals surface area contributed by atoms with Crippen molar-refractivity contribution in [1.82, 2.24) is 20.3 Å². The molecule has 0 aliphatic carbocycles. The van der Waals surface area contributed by atoms with Gasteiger partial charge in [-0.1, -0.05) is 36.4 Å². The van der Waals surface area contributed by atoms with Crippen LogP contribution in [-0.4, -0.2) is 26.0 Å². The number of rotatable bonds is 6. The number of carbonyl (C=O) groups is 1. The van der Waals surface area contributed by atoms with Gasteiger partial charge in [0.25, 0.3) is 0 Å². The van der Waals surface area contributed by atoms with E-state index < -0.39 is 0 Å². The number of hydrogen-bond acceptors (Lipinski definition) is 6. The molecule has 0 saturated carbocycles. The summed E-state index contributed by atoms with van der Waals surface area (Å²) in [5.41, 5.74) is 5.13. The summed E-state index contributed by atoms with van der Waals surface area (Å²) >= 11 is 5.29. The van der Waals surface area contributed by atoms with Gasteiger partial charge in [-0.3, -0.25) is 15.1 Å². The van der Waals surface area contributed by atoms with Gasteiger partial charge in [0, 0.05) is 41.6 Å². The van der Waals surface area contributed by atoms with Crippen molar-refractivity contribution in [3.05, 3.63) is 103 Å². The zero-order chi connectivity index (χ0) is 23.8. The molecular weight excluding hydrogens is 444 g/mol. The molecule has 0 radical (unpaired) electrons. The first-order valence-electron chi connectivity index (χ1n) is 10.5. The molecule has 4 aromatic rings. The van der Waals surface area contributed by atoms with Crippen LogP contribution in [0.2, 0.25) is 0 Å². The second-order valence-corrected chi connectivity index (χ2v) is 7.76. The Kier molecular flexibility index (Phi) is 7.32. The average Bonchev–Trinajstić information content (AvgIpc) is 2.86. The molecule has 0 spiro atoms. The Balaban J connectivity index is 1.41. The molecule has 1 amide bonds. The maximum Gasteiger partial charge on any atom is 0.250 e. The zero-order valence-electron chi connectivity index (χ0n) is 18.4. The van der Waals surface area contributed by atoms with Crippen LogP contribution in [0, 0.1) is 6.92 Å². The molecule has 0 unspecified atom stereocenters. The predicted molar refractivity (Wildman–Crippen MR) is 140 cm³/mol. The van der Waals surface area contributed by atoms with Gasteiger partial charge in [0.1, 0.15) is 0 Å². The topological polar surface area (TPSA) is 91.8 Å². The fourth-order valence-corrected chi connectivity index (χ4v) is 3.32. The maximum absolute atomic E-state index is 12.2. The lowest BCUT2D eigenvalue weighted by Gasteiger charge is -2.13. The number of nitrogens with zero attached hydrogens (tertiary/aromatic N) is 3. The Morgan fingerprint density at radius 1 is 1.00 bits per heavy atom. The number of nitrogens with one attached hydrogen (secondary N) is 3. The van der Waals surface area contributed by atoms with Crippen molar-refractivity contribution in [3.63, 3.8) is 0 Å². The van der Waals surface area contributed by atoms with Crippen molar-refractivity contribution >= 4 is 46.6 Å². The maximum atomic E-state index is 12.2. The molecule has 0 aliphatic rings. The van der Waals surface area contributed by atoms with Crippen LogP contribution in [0.5, 0.6) is 0 Å². The lowest BCUT2D eigenvalue weighted by molar-refractivity contribution is -0.115. The number of aryl methyl sites for hydroxylation is 1. The average molecular weight is 467 g/mol.